The molecule has 2 heterocycles. The highest BCUT2D eigenvalue weighted by Crippen LogP contribution is 2.30. The van der Waals surface area contributed by atoms with E-state index in [4.69, 9.17) is 29.2 Å². The highest BCUT2D eigenvalue weighted by atomic mass is 32.2. The molecule has 0 spiro atoms. The van der Waals surface area contributed by atoms with Crippen LogP contribution in [0.3, 0.4) is 0 Å². The molecule has 2 fully saturated rings. The molecule has 0 radical (unpaired) electrons. The van der Waals surface area contributed by atoms with Crippen LogP contribution in [0.2, 0.25) is 0 Å². The van der Waals surface area contributed by atoms with E-state index in [1.165, 1.54) is 0 Å². The summed E-state index contributed by atoms with van der Waals surface area (Å²) in [4.78, 5) is 21.3. The van der Waals surface area contributed by atoms with Gasteiger partial charge in [0.2, 0.25) is 0 Å². The molecule has 348 valence electrons. The highest BCUT2D eigenvalue weighted by molar-refractivity contribution is 7.92. The third-order valence-electron chi connectivity index (χ3n) is 10.6. The Labute approximate surface area is 347 Å². The first kappa shape index (κ1) is 53.5. The van der Waals surface area contributed by atoms with Crippen LogP contribution in [0.1, 0.15) is 116 Å². The molecule has 0 amide bonds. The van der Waals surface area contributed by atoms with E-state index >= 15 is 0 Å². The van der Waals surface area contributed by atoms with Crippen molar-refractivity contribution in [3.05, 3.63) is 0 Å². The number of unbranched alkanes of at least 4 members (excludes halogenated alkanes) is 14. The van der Waals surface area contributed by atoms with Crippen molar-refractivity contribution in [2.45, 2.75) is 177 Å². The van der Waals surface area contributed by atoms with Gasteiger partial charge in [-0.1, -0.05) is 77.0 Å². The Morgan fingerprint density at radius 3 is 1.32 bits per heavy atom. The zero-order chi connectivity index (χ0) is 44.0. The molecule has 19 nitrogen and oxygen atoms in total. The lowest BCUT2D eigenvalue weighted by Crippen LogP contribution is -2.64. The van der Waals surface area contributed by atoms with Crippen LogP contribution in [-0.4, -0.2) is 179 Å². The van der Waals surface area contributed by atoms with Gasteiger partial charge in [0.1, 0.15) is 48.8 Å². The van der Waals surface area contributed by atoms with E-state index in [1.54, 1.807) is 0 Å². The number of aliphatic hydroxyl groups is 7. The van der Waals surface area contributed by atoms with Gasteiger partial charge in [0.25, 0.3) is 0 Å². The minimum atomic E-state index is -3.79. The van der Waals surface area contributed by atoms with Gasteiger partial charge in [0.05, 0.1) is 42.8 Å². The largest absolute Gasteiger partial charge is 0.481 e. The smallest absolute Gasteiger partial charge is 0.303 e. The second kappa shape index (κ2) is 28.2. The van der Waals surface area contributed by atoms with Gasteiger partial charge >= 0.3 is 11.9 Å². The summed E-state index contributed by atoms with van der Waals surface area (Å²) in [5, 5.41) is 89.6. The molecule has 2 saturated heterocycles. The minimum absolute atomic E-state index is 0.133. The van der Waals surface area contributed by atoms with E-state index < -0.39 is 130 Å². The zero-order valence-corrected chi connectivity index (χ0v) is 35.6. The third kappa shape index (κ3) is 20.9. The standard InChI is InChI=1S/C38H70O19S2/c39-21-27-31(45)32(46)34(48)38(55-27)57-36-28(22-40)56-37(35(49)33(36)47)54-23-26(24-58(50,51)19-15-11-7-3-1-5-9-13-17-29(41)42)25-59(52,53)20-16-12-8-4-2-6-10-14-18-30(43)44/h26-28,31-40,45-49H,1-25H2,(H,41,42)(H,43,44)/t27-,28-,31+,32+,33-,34-,35-,36-,37+,38+/m1/s1. The summed E-state index contributed by atoms with van der Waals surface area (Å²) in [6, 6.07) is 0. The molecule has 59 heavy (non-hydrogen) atoms. The van der Waals surface area contributed by atoms with Gasteiger partial charge in [-0.3, -0.25) is 9.59 Å². The van der Waals surface area contributed by atoms with Crippen LogP contribution in [0.15, 0.2) is 0 Å². The Balaban J connectivity index is 2.00. The van der Waals surface area contributed by atoms with Crippen LogP contribution in [0.5, 0.6) is 0 Å². The monoisotopic (exact) mass is 894 g/mol. The Morgan fingerprint density at radius 2 is 0.898 bits per heavy atom. The first-order valence-corrected chi connectivity index (χ1v) is 24.6. The number of rotatable bonds is 33. The number of sulfone groups is 2. The lowest BCUT2D eigenvalue weighted by atomic mass is 9.97. The molecule has 0 aromatic heterocycles. The number of carbonyl (C=O) groups is 2. The van der Waals surface area contributed by atoms with Gasteiger partial charge in [-0.25, -0.2) is 16.8 Å². The zero-order valence-electron chi connectivity index (χ0n) is 34.0. The summed E-state index contributed by atoms with van der Waals surface area (Å²) in [5.74, 6) is -4.22. The molecule has 2 aliphatic heterocycles. The van der Waals surface area contributed by atoms with Crippen molar-refractivity contribution in [1.82, 2.24) is 0 Å². The van der Waals surface area contributed by atoms with Gasteiger partial charge in [-0.15, -0.1) is 0 Å². The third-order valence-corrected chi connectivity index (χ3v) is 14.4. The Hall–Kier alpha value is -1.60. The van der Waals surface area contributed by atoms with Gasteiger partial charge in [-0.2, -0.15) is 0 Å². The van der Waals surface area contributed by atoms with Gasteiger partial charge in [0.15, 0.2) is 32.3 Å². The molecule has 0 aromatic rings. The summed E-state index contributed by atoms with van der Waals surface area (Å²) in [6.45, 7) is -2.11. The van der Waals surface area contributed by atoms with Crippen molar-refractivity contribution in [3.8, 4) is 0 Å². The Kier molecular flexibility index (Phi) is 25.6. The van der Waals surface area contributed by atoms with E-state index in [2.05, 4.69) is 0 Å². The fourth-order valence-electron chi connectivity index (χ4n) is 7.27. The van der Waals surface area contributed by atoms with Crippen LogP contribution in [0.4, 0.5) is 0 Å². The molecule has 0 aromatic carbocycles. The second-order valence-electron chi connectivity index (χ2n) is 15.9. The van der Waals surface area contributed by atoms with Crippen molar-refractivity contribution in [3.63, 3.8) is 0 Å². The van der Waals surface area contributed by atoms with E-state index in [9.17, 15) is 62.2 Å². The fraction of sp³-hybridized carbons (Fsp3) is 0.947. The maximum Gasteiger partial charge on any atom is 0.303 e. The quantitative estimate of drug-likeness (QED) is 0.0399. The average molecular weight is 895 g/mol. The molecule has 2 aliphatic rings. The lowest BCUT2D eigenvalue weighted by Gasteiger charge is -2.46. The van der Waals surface area contributed by atoms with Crippen molar-refractivity contribution in [1.29, 1.82) is 0 Å². The molecule has 0 saturated carbocycles. The van der Waals surface area contributed by atoms with Gasteiger partial charge in [-0.05, 0) is 25.7 Å². The molecule has 0 aliphatic carbocycles. The van der Waals surface area contributed by atoms with Gasteiger partial charge in [0, 0.05) is 18.8 Å². The molecule has 9 N–H and O–H groups in total. The summed E-state index contributed by atoms with van der Waals surface area (Å²) < 4.78 is 75.4. The molecule has 21 heteroatoms. The van der Waals surface area contributed by atoms with E-state index in [0.29, 0.717) is 38.5 Å². The Morgan fingerprint density at radius 1 is 0.508 bits per heavy atom. The number of hydrogen-bond donors (Lipinski definition) is 9. The molecular weight excluding hydrogens is 825 g/mol. The molecule has 10 atom stereocenters. The predicted molar refractivity (Wildman–Crippen MR) is 212 cm³/mol. The number of ether oxygens (including phenoxy) is 4. The van der Waals surface area contributed by atoms with Crippen molar-refractivity contribution < 1.29 is 91.3 Å². The summed E-state index contributed by atoms with van der Waals surface area (Å²) in [7, 11) is -7.58. The average Bonchev–Trinajstić information content (AvgIpc) is 3.17. The first-order chi connectivity index (χ1) is 27.9. The first-order valence-electron chi connectivity index (χ1n) is 21.0. The number of aliphatic carboxylic acids is 2. The SMILES string of the molecule is O=C(O)CCCCCCCCCCS(=O)(=O)CC(CO[C@H]1O[C@H](CO)[C@@H](O[C@@H]2O[C@H](CO)[C@H](O)[C@H](O)[C@H]2O)[C@H](O)[C@H]1O)CS(=O)(=O)CCCCCCCCCCC(=O)O. The maximum absolute atomic E-state index is 13.3. The van der Waals surface area contributed by atoms with Crippen molar-refractivity contribution in [2.75, 3.05) is 42.8 Å². The number of carboxylic acid groups (broad SMARTS) is 2. The van der Waals surface area contributed by atoms with E-state index in [0.717, 1.165) is 64.2 Å². The summed E-state index contributed by atoms with van der Waals surface area (Å²) >= 11 is 0. The highest BCUT2D eigenvalue weighted by Gasteiger charge is 2.51. The topological polar surface area (TPSA) is 321 Å². The fourth-order valence-corrected chi connectivity index (χ4v) is 10.9. The summed E-state index contributed by atoms with van der Waals surface area (Å²) in [5.41, 5.74) is 0. The maximum atomic E-state index is 13.3. The predicted octanol–water partition coefficient (Wildman–Crippen LogP) is 0.264. The van der Waals surface area contributed by atoms with Crippen LogP contribution in [0.25, 0.3) is 0 Å². The summed E-state index contributed by atoms with van der Waals surface area (Å²) in [6.07, 6.45) is -4.98. The van der Waals surface area contributed by atoms with Crippen LogP contribution in [0, 0.1) is 5.92 Å². The molecule has 2 rings (SSSR count). The number of aliphatic hydroxyl groups excluding tert-OH is 7. The number of hydrogen-bond acceptors (Lipinski definition) is 17. The number of carboxylic acids is 2. The second-order valence-corrected chi connectivity index (χ2v) is 20.3. The molecular formula is C38H70O19S2. The van der Waals surface area contributed by atoms with E-state index in [-0.39, 0.29) is 24.3 Å². The lowest BCUT2D eigenvalue weighted by molar-refractivity contribution is -0.359. The van der Waals surface area contributed by atoms with Crippen LogP contribution in [-0.2, 0) is 48.2 Å². The molecule has 0 unspecified atom stereocenters. The van der Waals surface area contributed by atoms with Crippen LogP contribution < -0.4 is 0 Å². The normalized spacial score (nSPS) is 27.9. The van der Waals surface area contributed by atoms with E-state index in [1.807, 2.05) is 0 Å². The molecule has 0 bridgehead atoms. The minimum Gasteiger partial charge on any atom is -0.481 e. The van der Waals surface area contributed by atoms with Crippen molar-refractivity contribution >= 4 is 31.6 Å². The van der Waals surface area contributed by atoms with Gasteiger partial charge < -0.3 is 64.9 Å². The van der Waals surface area contributed by atoms with Crippen LogP contribution >= 0.6 is 0 Å². The van der Waals surface area contributed by atoms with Crippen molar-refractivity contribution in [2.24, 2.45) is 5.92 Å². The Bertz CT molecular complexity index is 1330.